The van der Waals surface area contributed by atoms with Gasteiger partial charge in [-0.1, -0.05) is 36.0 Å². The second-order valence-corrected chi connectivity index (χ2v) is 5.28. The molecule has 1 aromatic heterocycles. The van der Waals surface area contributed by atoms with Gasteiger partial charge in [0.05, 0.1) is 11.1 Å². The molecule has 0 aliphatic carbocycles. The lowest BCUT2D eigenvalue weighted by molar-refractivity contribution is 0.476. The van der Waals surface area contributed by atoms with Gasteiger partial charge in [0.1, 0.15) is 11.5 Å². The summed E-state index contributed by atoms with van der Waals surface area (Å²) in [4.78, 5) is 13.1. The third-order valence-corrected chi connectivity index (χ3v) is 3.64. The minimum atomic E-state index is 0.101. The van der Waals surface area contributed by atoms with Crippen molar-refractivity contribution in [1.82, 2.24) is 15.0 Å². The van der Waals surface area contributed by atoms with Crippen molar-refractivity contribution in [2.24, 2.45) is 0 Å². The van der Waals surface area contributed by atoms with Gasteiger partial charge in [-0.3, -0.25) is 0 Å². The van der Waals surface area contributed by atoms with Gasteiger partial charge in [0.15, 0.2) is 16.8 Å². The lowest BCUT2D eigenvalue weighted by atomic mass is 10.1. The van der Waals surface area contributed by atoms with E-state index in [9.17, 15) is 10.2 Å². The van der Waals surface area contributed by atoms with Gasteiger partial charge in [-0.2, -0.15) is 0 Å². The number of para-hydroxylation sites is 2. The van der Waals surface area contributed by atoms with Crippen LogP contribution in [0.3, 0.4) is 0 Å². The van der Waals surface area contributed by atoms with Crippen molar-refractivity contribution in [1.29, 1.82) is 0 Å². The molecule has 0 aliphatic rings. The average molecular weight is 311 g/mol. The smallest absolute Gasteiger partial charge is 0.191 e. The first-order chi connectivity index (χ1) is 10.7. The number of thioether (sulfide) groups is 1. The lowest BCUT2D eigenvalue weighted by Crippen LogP contribution is -1.99. The van der Waals surface area contributed by atoms with Gasteiger partial charge in [-0.25, -0.2) is 15.0 Å². The summed E-state index contributed by atoms with van der Waals surface area (Å²) in [6.07, 6.45) is 1.86. The highest BCUT2D eigenvalue weighted by Gasteiger charge is 2.14. The fraction of sp³-hybridized carbons (Fsp3) is 0.0625. The number of benzene rings is 2. The molecule has 0 atom stereocenters. The van der Waals surface area contributed by atoms with Crippen molar-refractivity contribution in [3.8, 4) is 34.3 Å². The predicted octanol–water partition coefficient (Wildman–Crippen LogP) is 3.34. The highest BCUT2D eigenvalue weighted by molar-refractivity contribution is 7.98. The van der Waals surface area contributed by atoms with E-state index >= 15 is 0 Å². The Morgan fingerprint density at radius 3 is 1.59 bits per heavy atom. The second-order valence-electron chi connectivity index (χ2n) is 4.50. The largest absolute Gasteiger partial charge is 0.507 e. The van der Waals surface area contributed by atoms with E-state index in [2.05, 4.69) is 15.0 Å². The molecule has 0 saturated carbocycles. The number of aromatic hydroxyl groups is 2. The van der Waals surface area contributed by atoms with Gasteiger partial charge in [0.2, 0.25) is 0 Å². The summed E-state index contributed by atoms with van der Waals surface area (Å²) in [7, 11) is 0. The van der Waals surface area contributed by atoms with Crippen molar-refractivity contribution < 1.29 is 10.2 Å². The van der Waals surface area contributed by atoms with Crippen LogP contribution in [-0.2, 0) is 0 Å². The van der Waals surface area contributed by atoms with Gasteiger partial charge in [0.25, 0.3) is 0 Å². The van der Waals surface area contributed by atoms with Gasteiger partial charge in [-0.05, 0) is 30.5 Å². The number of hydrogen-bond acceptors (Lipinski definition) is 6. The molecule has 0 spiro atoms. The minimum absolute atomic E-state index is 0.101. The summed E-state index contributed by atoms with van der Waals surface area (Å²) >= 11 is 1.37. The molecular weight excluding hydrogens is 298 g/mol. The molecule has 6 heteroatoms. The predicted molar refractivity (Wildman–Crippen MR) is 85.8 cm³/mol. The van der Waals surface area contributed by atoms with E-state index in [1.54, 1.807) is 48.5 Å². The molecule has 0 saturated heterocycles. The SMILES string of the molecule is CSc1nc(-c2ccccc2O)nc(-c2ccccc2O)n1. The first-order valence-electron chi connectivity index (χ1n) is 6.56. The third kappa shape index (κ3) is 2.73. The van der Waals surface area contributed by atoms with Crippen LogP contribution in [-0.4, -0.2) is 31.4 Å². The summed E-state index contributed by atoms with van der Waals surface area (Å²) in [5.74, 6) is 0.944. The molecule has 0 bridgehead atoms. The fourth-order valence-corrected chi connectivity index (χ4v) is 2.37. The molecule has 0 aliphatic heterocycles. The Bertz CT molecular complexity index is 760. The number of hydrogen-bond donors (Lipinski definition) is 2. The Labute approximate surface area is 131 Å². The van der Waals surface area contributed by atoms with Gasteiger partial charge < -0.3 is 10.2 Å². The van der Waals surface area contributed by atoms with Crippen LogP contribution in [0.5, 0.6) is 11.5 Å². The topological polar surface area (TPSA) is 79.1 Å². The zero-order valence-corrected chi connectivity index (χ0v) is 12.6. The van der Waals surface area contributed by atoms with Crippen LogP contribution in [0, 0.1) is 0 Å². The average Bonchev–Trinajstić information content (AvgIpc) is 2.55. The highest BCUT2D eigenvalue weighted by Crippen LogP contribution is 2.31. The van der Waals surface area contributed by atoms with Crippen molar-refractivity contribution in [3.05, 3.63) is 48.5 Å². The first-order valence-corrected chi connectivity index (χ1v) is 7.78. The van der Waals surface area contributed by atoms with Crippen LogP contribution >= 0.6 is 11.8 Å². The van der Waals surface area contributed by atoms with Gasteiger partial charge in [-0.15, -0.1) is 0 Å². The number of aromatic nitrogens is 3. The lowest BCUT2D eigenvalue weighted by Gasteiger charge is -2.08. The molecular formula is C16H13N3O2S. The molecule has 110 valence electrons. The van der Waals surface area contributed by atoms with Gasteiger partial charge in [0, 0.05) is 0 Å². The molecule has 3 rings (SSSR count). The molecule has 0 radical (unpaired) electrons. The summed E-state index contributed by atoms with van der Waals surface area (Å²) in [6, 6.07) is 13.7. The number of rotatable bonds is 3. The normalized spacial score (nSPS) is 10.6. The molecule has 2 aromatic carbocycles. The summed E-state index contributed by atoms with van der Waals surface area (Å²) in [5, 5.41) is 20.5. The van der Waals surface area contributed by atoms with E-state index in [-0.39, 0.29) is 11.5 Å². The highest BCUT2D eigenvalue weighted by atomic mass is 32.2. The van der Waals surface area contributed by atoms with Crippen molar-refractivity contribution >= 4 is 11.8 Å². The quantitative estimate of drug-likeness (QED) is 0.722. The van der Waals surface area contributed by atoms with Crippen LogP contribution in [0.15, 0.2) is 53.7 Å². The molecule has 0 unspecified atom stereocenters. The standard InChI is InChI=1S/C16H13N3O2S/c1-22-16-18-14(10-6-2-4-8-12(10)20)17-15(19-16)11-7-3-5-9-13(11)21/h2-9,20-21H,1H3. The Kier molecular flexibility index (Phi) is 3.93. The third-order valence-electron chi connectivity index (χ3n) is 3.09. The summed E-state index contributed by atoms with van der Waals surface area (Å²) < 4.78 is 0. The minimum Gasteiger partial charge on any atom is -0.507 e. The summed E-state index contributed by atoms with van der Waals surface area (Å²) in [5.41, 5.74) is 1.05. The maximum atomic E-state index is 9.99. The van der Waals surface area contributed by atoms with Crippen LogP contribution in [0.25, 0.3) is 22.8 Å². The zero-order chi connectivity index (χ0) is 15.5. The van der Waals surface area contributed by atoms with Crippen LogP contribution < -0.4 is 0 Å². The van der Waals surface area contributed by atoms with E-state index in [0.717, 1.165) is 0 Å². The fourth-order valence-electron chi connectivity index (χ4n) is 2.01. The van der Waals surface area contributed by atoms with E-state index in [1.165, 1.54) is 11.8 Å². The van der Waals surface area contributed by atoms with E-state index in [4.69, 9.17) is 0 Å². The van der Waals surface area contributed by atoms with Gasteiger partial charge >= 0.3 is 0 Å². The van der Waals surface area contributed by atoms with E-state index < -0.39 is 0 Å². The molecule has 3 aromatic rings. The van der Waals surface area contributed by atoms with Crippen LogP contribution in [0.4, 0.5) is 0 Å². The number of phenols is 2. The number of phenolic OH excluding ortho intramolecular Hbond substituents is 2. The van der Waals surface area contributed by atoms with E-state index in [0.29, 0.717) is 27.9 Å². The Morgan fingerprint density at radius 2 is 1.18 bits per heavy atom. The van der Waals surface area contributed by atoms with Crippen molar-refractivity contribution in [2.45, 2.75) is 5.16 Å². The van der Waals surface area contributed by atoms with Crippen LogP contribution in [0.2, 0.25) is 0 Å². The number of nitrogens with zero attached hydrogens (tertiary/aromatic N) is 3. The first kappa shape index (κ1) is 14.3. The Morgan fingerprint density at radius 1 is 0.727 bits per heavy atom. The molecule has 5 nitrogen and oxygen atoms in total. The van der Waals surface area contributed by atoms with Crippen molar-refractivity contribution in [3.63, 3.8) is 0 Å². The van der Waals surface area contributed by atoms with Crippen LogP contribution in [0.1, 0.15) is 0 Å². The molecule has 0 fully saturated rings. The Balaban J connectivity index is 2.20. The Hall–Kier alpha value is -2.60. The summed E-state index contributed by atoms with van der Waals surface area (Å²) in [6.45, 7) is 0. The molecule has 2 N–H and O–H groups in total. The van der Waals surface area contributed by atoms with E-state index in [1.807, 2.05) is 6.26 Å². The monoisotopic (exact) mass is 311 g/mol. The molecule has 0 amide bonds. The second kappa shape index (κ2) is 6.03. The zero-order valence-electron chi connectivity index (χ0n) is 11.8. The maximum absolute atomic E-state index is 9.99. The van der Waals surface area contributed by atoms with Crippen molar-refractivity contribution in [2.75, 3.05) is 6.26 Å². The maximum Gasteiger partial charge on any atom is 0.191 e. The molecule has 22 heavy (non-hydrogen) atoms. The molecule has 1 heterocycles.